The van der Waals surface area contributed by atoms with Crippen molar-refractivity contribution >= 4 is 11.6 Å². The van der Waals surface area contributed by atoms with Crippen LogP contribution in [0.2, 0.25) is 5.02 Å². The Labute approximate surface area is 201 Å². The molecule has 1 aliphatic heterocycles. The van der Waals surface area contributed by atoms with Crippen LogP contribution in [0, 0.1) is 6.92 Å². The Morgan fingerprint density at radius 1 is 0.909 bits per heavy atom. The zero-order valence-electron chi connectivity index (χ0n) is 19.1. The van der Waals surface area contributed by atoms with Gasteiger partial charge < -0.3 is 4.90 Å². The molecule has 1 N–H and O–H groups in total. The van der Waals surface area contributed by atoms with Crippen molar-refractivity contribution in [1.82, 2.24) is 15.1 Å². The molecule has 4 aromatic rings. The number of likely N-dealkylation sites (tertiary alicyclic amines) is 1. The van der Waals surface area contributed by atoms with Crippen LogP contribution in [-0.2, 0) is 11.8 Å². The van der Waals surface area contributed by atoms with Crippen molar-refractivity contribution < 1.29 is 0 Å². The van der Waals surface area contributed by atoms with Gasteiger partial charge in [0.2, 0.25) is 0 Å². The van der Waals surface area contributed by atoms with Gasteiger partial charge in [-0.25, -0.2) is 0 Å². The lowest BCUT2D eigenvalue weighted by molar-refractivity contribution is 0.178. The van der Waals surface area contributed by atoms with Crippen LogP contribution in [0.25, 0.3) is 11.3 Å². The van der Waals surface area contributed by atoms with E-state index in [4.69, 9.17) is 16.7 Å². The molecule has 0 aliphatic carbocycles. The predicted molar refractivity (Wildman–Crippen MR) is 137 cm³/mol. The molecule has 4 heteroatoms. The molecular formula is C29H30ClN3. The van der Waals surface area contributed by atoms with Crippen LogP contribution in [0.3, 0.4) is 0 Å². The van der Waals surface area contributed by atoms with Crippen molar-refractivity contribution in [2.45, 2.75) is 31.6 Å². The second-order valence-corrected chi connectivity index (χ2v) is 9.64. The molecule has 1 aromatic heterocycles. The van der Waals surface area contributed by atoms with E-state index in [0.29, 0.717) is 0 Å². The lowest BCUT2D eigenvalue weighted by atomic mass is 9.70. The number of aromatic amines is 1. The summed E-state index contributed by atoms with van der Waals surface area (Å²) < 4.78 is 0. The molecule has 33 heavy (non-hydrogen) atoms. The maximum Gasteiger partial charge on any atom is 0.0735 e. The number of nitrogens with zero attached hydrogens (tertiary/aromatic N) is 2. The average Bonchev–Trinajstić information content (AvgIpc) is 3.36. The van der Waals surface area contributed by atoms with Crippen LogP contribution in [-0.4, -0.2) is 34.7 Å². The lowest BCUT2D eigenvalue weighted by Crippen LogP contribution is -2.44. The van der Waals surface area contributed by atoms with Gasteiger partial charge in [0.25, 0.3) is 0 Å². The summed E-state index contributed by atoms with van der Waals surface area (Å²) in [5, 5.41) is 8.98. The zero-order valence-corrected chi connectivity index (χ0v) is 19.9. The van der Waals surface area contributed by atoms with Gasteiger partial charge in [0.15, 0.2) is 0 Å². The Morgan fingerprint density at radius 3 is 2.30 bits per heavy atom. The number of H-pyrrole nitrogens is 1. The third-order valence-corrected chi connectivity index (χ3v) is 7.35. The van der Waals surface area contributed by atoms with E-state index in [9.17, 15) is 0 Å². The highest BCUT2D eigenvalue weighted by molar-refractivity contribution is 6.30. The van der Waals surface area contributed by atoms with Crippen LogP contribution in [0.15, 0.2) is 84.9 Å². The summed E-state index contributed by atoms with van der Waals surface area (Å²) in [4.78, 5) is 2.59. The molecule has 1 saturated heterocycles. The molecule has 168 valence electrons. The van der Waals surface area contributed by atoms with Gasteiger partial charge in [-0.05, 0) is 74.2 Å². The van der Waals surface area contributed by atoms with Crippen LogP contribution in [0.4, 0.5) is 0 Å². The number of rotatable bonds is 6. The molecule has 3 aromatic carbocycles. The average molecular weight is 456 g/mol. The highest BCUT2D eigenvalue weighted by atomic mass is 35.5. The highest BCUT2D eigenvalue weighted by Gasteiger charge is 2.39. The fraction of sp³-hybridized carbons (Fsp3) is 0.276. The standard InChI is InChI=1S/C29H30ClN3/c1-22-7-11-24(12-8-22)27-21-28(32-31-27)29(25-5-3-2-4-6-25)16-19-33(20-17-29)18-15-23-9-13-26(30)14-10-23/h2-14,21H,15-20H2,1H3,(H,31,32). The Balaban J connectivity index is 1.35. The van der Waals surface area contributed by atoms with Gasteiger partial charge >= 0.3 is 0 Å². The molecular weight excluding hydrogens is 426 g/mol. The molecule has 1 fully saturated rings. The van der Waals surface area contributed by atoms with E-state index in [1.807, 2.05) is 12.1 Å². The second-order valence-electron chi connectivity index (χ2n) is 9.20. The number of halogens is 1. The van der Waals surface area contributed by atoms with Crippen molar-refractivity contribution in [2.24, 2.45) is 0 Å². The van der Waals surface area contributed by atoms with Crippen molar-refractivity contribution in [3.63, 3.8) is 0 Å². The van der Waals surface area contributed by atoms with Gasteiger partial charge in [-0.2, -0.15) is 5.10 Å². The normalized spacial score (nSPS) is 16.1. The first-order chi connectivity index (χ1) is 16.1. The van der Waals surface area contributed by atoms with Crippen LogP contribution < -0.4 is 0 Å². The van der Waals surface area contributed by atoms with E-state index in [2.05, 4.69) is 89.7 Å². The molecule has 5 rings (SSSR count). The number of nitrogens with one attached hydrogen (secondary N) is 1. The minimum absolute atomic E-state index is 0.0581. The van der Waals surface area contributed by atoms with Crippen molar-refractivity contribution in [1.29, 1.82) is 0 Å². The topological polar surface area (TPSA) is 31.9 Å². The van der Waals surface area contributed by atoms with Gasteiger partial charge in [0, 0.05) is 17.0 Å². The predicted octanol–water partition coefficient (Wildman–Crippen LogP) is 6.66. The molecule has 1 aliphatic rings. The first kappa shape index (κ1) is 21.9. The van der Waals surface area contributed by atoms with Gasteiger partial charge in [-0.1, -0.05) is 83.9 Å². The first-order valence-electron chi connectivity index (χ1n) is 11.8. The highest BCUT2D eigenvalue weighted by Crippen LogP contribution is 2.41. The van der Waals surface area contributed by atoms with Crippen molar-refractivity contribution in [2.75, 3.05) is 19.6 Å². The number of hydrogen-bond donors (Lipinski definition) is 1. The van der Waals surface area contributed by atoms with E-state index < -0.39 is 0 Å². The maximum absolute atomic E-state index is 6.04. The summed E-state index contributed by atoms with van der Waals surface area (Å²) in [6.45, 7) is 5.32. The van der Waals surface area contributed by atoms with Gasteiger partial charge in [-0.15, -0.1) is 0 Å². The molecule has 0 unspecified atom stereocenters. The largest absolute Gasteiger partial charge is 0.303 e. The number of benzene rings is 3. The van der Waals surface area contributed by atoms with Crippen LogP contribution >= 0.6 is 11.6 Å². The van der Waals surface area contributed by atoms with E-state index in [-0.39, 0.29) is 5.41 Å². The third kappa shape index (κ3) is 4.75. The van der Waals surface area contributed by atoms with E-state index in [1.165, 1.54) is 22.3 Å². The molecule has 0 spiro atoms. The Hall–Kier alpha value is -2.88. The lowest BCUT2D eigenvalue weighted by Gasteiger charge is -2.41. The smallest absolute Gasteiger partial charge is 0.0735 e. The Bertz CT molecular complexity index is 1170. The third-order valence-electron chi connectivity index (χ3n) is 7.10. The second kappa shape index (κ2) is 9.54. The number of aryl methyl sites for hydroxylation is 1. The van der Waals surface area contributed by atoms with Crippen LogP contribution in [0.1, 0.15) is 35.2 Å². The SMILES string of the molecule is Cc1ccc(-c2cc(C3(c4ccccc4)CCN(CCc4ccc(Cl)cc4)CC3)n[nH]2)cc1. The Morgan fingerprint density at radius 2 is 1.61 bits per heavy atom. The molecule has 0 atom stereocenters. The molecule has 0 radical (unpaired) electrons. The number of hydrogen-bond acceptors (Lipinski definition) is 2. The monoisotopic (exact) mass is 455 g/mol. The minimum Gasteiger partial charge on any atom is -0.303 e. The van der Waals surface area contributed by atoms with E-state index >= 15 is 0 Å². The summed E-state index contributed by atoms with van der Waals surface area (Å²) in [6, 6.07) is 30.1. The maximum atomic E-state index is 6.04. The number of aromatic nitrogens is 2. The summed E-state index contributed by atoms with van der Waals surface area (Å²) >= 11 is 6.04. The molecule has 3 nitrogen and oxygen atoms in total. The van der Waals surface area contributed by atoms with Crippen molar-refractivity contribution in [3.8, 4) is 11.3 Å². The van der Waals surface area contributed by atoms with Crippen LogP contribution in [0.5, 0.6) is 0 Å². The van der Waals surface area contributed by atoms with Gasteiger partial charge in [0.1, 0.15) is 0 Å². The molecule has 0 saturated carbocycles. The van der Waals surface area contributed by atoms with E-state index in [1.54, 1.807) is 0 Å². The molecule has 0 amide bonds. The quantitative estimate of drug-likeness (QED) is 0.352. The molecule has 0 bridgehead atoms. The summed E-state index contributed by atoms with van der Waals surface area (Å²) in [7, 11) is 0. The van der Waals surface area contributed by atoms with Gasteiger partial charge in [-0.3, -0.25) is 5.10 Å². The fourth-order valence-corrected chi connectivity index (χ4v) is 5.12. The van der Waals surface area contributed by atoms with E-state index in [0.717, 1.165) is 55.3 Å². The minimum atomic E-state index is -0.0581. The molecule has 2 heterocycles. The van der Waals surface area contributed by atoms with Crippen molar-refractivity contribution in [3.05, 3.63) is 112 Å². The zero-order chi connectivity index (χ0) is 22.7. The summed E-state index contributed by atoms with van der Waals surface area (Å²) in [6.07, 6.45) is 3.18. The number of piperidine rings is 1. The Kier molecular flexibility index (Phi) is 6.34. The fourth-order valence-electron chi connectivity index (χ4n) is 4.99. The van der Waals surface area contributed by atoms with Gasteiger partial charge in [0.05, 0.1) is 11.4 Å². The first-order valence-corrected chi connectivity index (χ1v) is 12.2. The summed E-state index contributed by atoms with van der Waals surface area (Å²) in [5.41, 5.74) is 7.34. The summed E-state index contributed by atoms with van der Waals surface area (Å²) in [5.74, 6) is 0.